The maximum absolute atomic E-state index is 13.5. The summed E-state index contributed by atoms with van der Waals surface area (Å²) in [5.74, 6) is -6.42. The molecule has 2 aromatic rings. The number of halogens is 4. The van der Waals surface area contributed by atoms with Gasteiger partial charge in [0, 0.05) is 10.8 Å². The number of anilines is 1. The number of hydrogen-bond donors (Lipinski definition) is 2. The zero-order valence-electron chi connectivity index (χ0n) is 16.2. The predicted octanol–water partition coefficient (Wildman–Crippen LogP) is 3.68. The van der Waals surface area contributed by atoms with Gasteiger partial charge in [0.25, 0.3) is 5.91 Å². The highest BCUT2D eigenvalue weighted by molar-refractivity contribution is 7.99. The fraction of sp³-hybridized carbons (Fsp3) is 0.250. The van der Waals surface area contributed by atoms with Crippen LogP contribution in [0.3, 0.4) is 0 Å². The Morgan fingerprint density at radius 2 is 1.87 bits per heavy atom. The Bertz CT molecular complexity index is 977. The molecule has 1 unspecified atom stereocenters. The van der Waals surface area contributed by atoms with Crippen LogP contribution in [-0.2, 0) is 24.9 Å². The zero-order valence-corrected chi connectivity index (χ0v) is 17.8. The second-order valence-electron chi connectivity index (χ2n) is 6.24. The standard InChI is InChI=1S/C20H18ClF3N2O4S/c1-11(30-17(28)10-31-9-12-3-2-4-13(21)7-12)20(29)25-8-16(27)26-15-6-5-14(22)18(23)19(15)24/h2-7,11H,8-10H2,1H3,(H,25,29)(H,26,27). The number of hydrogen-bond acceptors (Lipinski definition) is 5. The number of nitrogens with one attached hydrogen (secondary N) is 2. The van der Waals surface area contributed by atoms with Crippen LogP contribution in [-0.4, -0.2) is 36.2 Å². The molecule has 11 heteroatoms. The van der Waals surface area contributed by atoms with Crippen molar-refractivity contribution in [2.75, 3.05) is 17.6 Å². The first kappa shape index (κ1) is 24.5. The number of carbonyl (C=O) groups excluding carboxylic acids is 3. The van der Waals surface area contributed by atoms with Gasteiger partial charge >= 0.3 is 5.97 Å². The van der Waals surface area contributed by atoms with Crippen molar-refractivity contribution < 1.29 is 32.3 Å². The number of amides is 2. The van der Waals surface area contributed by atoms with E-state index in [9.17, 15) is 27.6 Å². The molecule has 2 aromatic carbocycles. The molecule has 0 aromatic heterocycles. The Hall–Kier alpha value is -2.72. The second kappa shape index (κ2) is 11.6. The number of carbonyl (C=O) groups is 3. The molecule has 2 rings (SSSR count). The second-order valence-corrected chi connectivity index (χ2v) is 7.67. The minimum absolute atomic E-state index is 0.0000270. The van der Waals surface area contributed by atoms with Gasteiger partial charge < -0.3 is 15.4 Å². The Kier molecular flexibility index (Phi) is 9.20. The lowest BCUT2D eigenvalue weighted by Gasteiger charge is -2.13. The summed E-state index contributed by atoms with van der Waals surface area (Å²) >= 11 is 7.16. The summed E-state index contributed by atoms with van der Waals surface area (Å²) in [6, 6.07) is 8.65. The number of rotatable bonds is 9. The van der Waals surface area contributed by atoms with E-state index in [2.05, 4.69) is 5.32 Å². The van der Waals surface area contributed by atoms with Gasteiger partial charge in [0.15, 0.2) is 23.6 Å². The van der Waals surface area contributed by atoms with Gasteiger partial charge in [0.1, 0.15) is 0 Å². The van der Waals surface area contributed by atoms with Gasteiger partial charge in [0.05, 0.1) is 18.0 Å². The molecule has 2 amide bonds. The van der Waals surface area contributed by atoms with Crippen molar-refractivity contribution in [2.45, 2.75) is 18.8 Å². The molecular formula is C20H18ClF3N2O4S. The van der Waals surface area contributed by atoms with Gasteiger partial charge in [-0.1, -0.05) is 23.7 Å². The van der Waals surface area contributed by atoms with E-state index in [-0.39, 0.29) is 5.75 Å². The molecule has 0 saturated heterocycles. The Morgan fingerprint density at radius 3 is 2.58 bits per heavy atom. The van der Waals surface area contributed by atoms with Crippen molar-refractivity contribution in [3.8, 4) is 0 Å². The molecule has 0 aliphatic rings. The maximum Gasteiger partial charge on any atom is 0.316 e. The quantitative estimate of drug-likeness (QED) is 0.428. The molecule has 0 spiro atoms. The molecule has 0 aliphatic heterocycles. The van der Waals surface area contributed by atoms with Gasteiger partial charge in [-0.05, 0) is 36.8 Å². The van der Waals surface area contributed by atoms with Crippen molar-refractivity contribution in [3.63, 3.8) is 0 Å². The van der Waals surface area contributed by atoms with E-state index in [4.69, 9.17) is 16.3 Å². The molecular weight excluding hydrogens is 457 g/mol. The summed E-state index contributed by atoms with van der Waals surface area (Å²) in [7, 11) is 0. The van der Waals surface area contributed by atoms with E-state index in [0.29, 0.717) is 16.8 Å². The largest absolute Gasteiger partial charge is 0.452 e. The monoisotopic (exact) mass is 474 g/mol. The molecule has 0 radical (unpaired) electrons. The molecule has 0 fully saturated rings. The minimum atomic E-state index is -1.73. The smallest absolute Gasteiger partial charge is 0.316 e. The maximum atomic E-state index is 13.5. The first-order chi connectivity index (χ1) is 14.7. The summed E-state index contributed by atoms with van der Waals surface area (Å²) < 4.78 is 44.6. The summed E-state index contributed by atoms with van der Waals surface area (Å²) in [5.41, 5.74) is 0.355. The SMILES string of the molecule is CC(OC(=O)CSCc1cccc(Cl)c1)C(=O)NCC(=O)Nc1ccc(F)c(F)c1F. The molecule has 2 N–H and O–H groups in total. The van der Waals surface area contributed by atoms with Crippen LogP contribution >= 0.6 is 23.4 Å². The normalized spacial score (nSPS) is 11.5. The third-order valence-electron chi connectivity index (χ3n) is 3.79. The van der Waals surface area contributed by atoms with Crippen LogP contribution in [0.4, 0.5) is 18.9 Å². The van der Waals surface area contributed by atoms with Crippen LogP contribution in [0.5, 0.6) is 0 Å². The number of ether oxygens (including phenoxy) is 1. The van der Waals surface area contributed by atoms with Gasteiger partial charge in [-0.15, -0.1) is 11.8 Å². The van der Waals surface area contributed by atoms with Crippen molar-refractivity contribution in [3.05, 3.63) is 64.4 Å². The van der Waals surface area contributed by atoms with Gasteiger partial charge in [-0.25, -0.2) is 13.2 Å². The third-order valence-corrected chi connectivity index (χ3v) is 5.00. The average Bonchev–Trinajstić information content (AvgIpc) is 2.72. The lowest BCUT2D eigenvalue weighted by molar-refractivity contribution is -0.152. The van der Waals surface area contributed by atoms with Crippen molar-refractivity contribution in [2.24, 2.45) is 0 Å². The molecule has 0 bridgehead atoms. The van der Waals surface area contributed by atoms with E-state index in [0.717, 1.165) is 11.6 Å². The molecule has 31 heavy (non-hydrogen) atoms. The highest BCUT2D eigenvalue weighted by atomic mass is 35.5. The minimum Gasteiger partial charge on any atom is -0.452 e. The average molecular weight is 475 g/mol. The first-order valence-electron chi connectivity index (χ1n) is 8.90. The van der Waals surface area contributed by atoms with E-state index >= 15 is 0 Å². The van der Waals surface area contributed by atoms with Crippen LogP contribution in [0.25, 0.3) is 0 Å². The summed E-state index contributed by atoms with van der Waals surface area (Å²) in [4.78, 5) is 35.6. The topological polar surface area (TPSA) is 84.5 Å². The van der Waals surface area contributed by atoms with Gasteiger partial charge in [-0.2, -0.15) is 0 Å². The Labute approximate surface area is 185 Å². The van der Waals surface area contributed by atoms with Crippen molar-refractivity contribution >= 4 is 46.8 Å². The van der Waals surface area contributed by atoms with E-state index in [1.807, 2.05) is 11.4 Å². The van der Waals surface area contributed by atoms with Crippen molar-refractivity contribution in [1.29, 1.82) is 0 Å². The van der Waals surface area contributed by atoms with Crippen LogP contribution in [0.15, 0.2) is 36.4 Å². The lowest BCUT2D eigenvalue weighted by Crippen LogP contribution is -2.40. The summed E-state index contributed by atoms with van der Waals surface area (Å²) in [6.45, 7) is 0.727. The summed E-state index contributed by atoms with van der Waals surface area (Å²) in [5, 5.41) is 4.79. The zero-order chi connectivity index (χ0) is 23.0. The van der Waals surface area contributed by atoms with Crippen LogP contribution < -0.4 is 10.6 Å². The molecule has 0 heterocycles. The summed E-state index contributed by atoms with van der Waals surface area (Å²) in [6.07, 6.45) is -1.17. The third kappa shape index (κ3) is 7.80. The highest BCUT2D eigenvalue weighted by Crippen LogP contribution is 2.19. The molecule has 166 valence electrons. The van der Waals surface area contributed by atoms with Crippen LogP contribution in [0, 0.1) is 17.5 Å². The molecule has 1 atom stereocenters. The first-order valence-corrected chi connectivity index (χ1v) is 10.4. The Morgan fingerprint density at radius 1 is 1.13 bits per heavy atom. The number of benzene rings is 2. The van der Waals surface area contributed by atoms with Gasteiger partial charge in [0.2, 0.25) is 5.91 Å². The number of esters is 1. The fourth-order valence-electron chi connectivity index (χ4n) is 2.29. The lowest BCUT2D eigenvalue weighted by atomic mass is 10.2. The fourth-order valence-corrected chi connectivity index (χ4v) is 3.26. The Balaban J connectivity index is 1.72. The van der Waals surface area contributed by atoms with Crippen LogP contribution in [0.2, 0.25) is 5.02 Å². The predicted molar refractivity (Wildman–Crippen MR) is 111 cm³/mol. The number of thioether (sulfide) groups is 1. The van der Waals surface area contributed by atoms with Crippen molar-refractivity contribution in [1.82, 2.24) is 5.32 Å². The molecule has 6 nitrogen and oxygen atoms in total. The van der Waals surface area contributed by atoms with E-state index < -0.39 is 53.6 Å². The van der Waals surface area contributed by atoms with E-state index in [1.54, 1.807) is 18.2 Å². The van der Waals surface area contributed by atoms with Crippen LogP contribution in [0.1, 0.15) is 12.5 Å². The highest BCUT2D eigenvalue weighted by Gasteiger charge is 2.19. The molecule has 0 saturated carbocycles. The van der Waals surface area contributed by atoms with Gasteiger partial charge in [-0.3, -0.25) is 14.4 Å². The van der Waals surface area contributed by atoms with E-state index in [1.165, 1.54) is 18.7 Å². The molecule has 0 aliphatic carbocycles.